The molecule has 1 N–H and O–H groups in total. The minimum Gasteiger partial charge on any atom is -0.379 e. The second-order valence-electron chi connectivity index (χ2n) is 4.85. The molecular weight excluding hydrogens is 278 g/mol. The number of nitrogens with zero attached hydrogens (tertiary/aromatic N) is 2. The molecule has 5 heteroatoms. The minimum absolute atomic E-state index is 0.0605. The van der Waals surface area contributed by atoms with Gasteiger partial charge in [-0.15, -0.1) is 0 Å². The molecule has 0 spiro atoms. The third-order valence-corrected chi connectivity index (χ3v) is 3.52. The van der Waals surface area contributed by atoms with Crippen molar-refractivity contribution in [3.8, 4) is 0 Å². The van der Waals surface area contributed by atoms with Crippen molar-refractivity contribution in [1.82, 2.24) is 15.2 Å². The average molecular weight is 301 g/mol. The number of ether oxygens (including phenoxy) is 1. The first kappa shape index (κ1) is 16.2. The summed E-state index contributed by atoms with van der Waals surface area (Å²) in [7, 11) is 0. The zero-order valence-corrected chi connectivity index (χ0v) is 13.3. The molecule has 1 fully saturated rings. The number of hydrogen-bond donors (Lipinski definition) is 1. The van der Waals surface area contributed by atoms with Gasteiger partial charge in [0.1, 0.15) is 0 Å². The number of pyridine rings is 1. The molecule has 0 radical (unpaired) electrons. The summed E-state index contributed by atoms with van der Waals surface area (Å²) in [5.41, 5.74) is 3.22. The fraction of sp³-hybridized carbons (Fsp3) is 0.412. The molecule has 22 heavy (non-hydrogen) atoms. The monoisotopic (exact) mass is 301 g/mol. The lowest BCUT2D eigenvalue weighted by Crippen LogP contribution is -2.42. The Kier molecular flexibility index (Phi) is 5.72. The standard InChI is InChI=1S/C15H17N3O2.C2H6/c1-11-14-12(3-2-4-16-14)9-13(10-17-11)15(19)18-5-7-20-8-6-18;1-2/h2-4,9,17H,1,5-8,10H2;1-2H3. The second kappa shape index (κ2) is 7.75. The van der Waals surface area contributed by atoms with Crippen LogP contribution in [0.2, 0.25) is 0 Å². The van der Waals surface area contributed by atoms with E-state index >= 15 is 0 Å². The lowest BCUT2D eigenvalue weighted by Gasteiger charge is -2.27. The predicted octanol–water partition coefficient (Wildman–Crippen LogP) is 1.92. The maximum Gasteiger partial charge on any atom is 0.251 e. The Morgan fingerprint density at radius 3 is 2.82 bits per heavy atom. The molecule has 0 aromatic carbocycles. The normalized spacial score (nSPS) is 17.3. The van der Waals surface area contributed by atoms with E-state index in [0.29, 0.717) is 32.8 Å². The molecule has 1 aromatic rings. The molecule has 118 valence electrons. The summed E-state index contributed by atoms with van der Waals surface area (Å²) in [5, 5.41) is 3.17. The first-order valence-electron chi connectivity index (χ1n) is 7.71. The van der Waals surface area contributed by atoms with Crippen LogP contribution >= 0.6 is 0 Å². The van der Waals surface area contributed by atoms with Crippen LogP contribution in [-0.4, -0.2) is 48.6 Å². The lowest BCUT2D eigenvalue weighted by molar-refractivity contribution is -0.131. The van der Waals surface area contributed by atoms with Gasteiger partial charge < -0.3 is 15.0 Å². The maximum absolute atomic E-state index is 12.5. The largest absolute Gasteiger partial charge is 0.379 e. The number of morpholine rings is 1. The van der Waals surface area contributed by atoms with E-state index in [1.54, 1.807) is 6.20 Å². The molecule has 2 aliphatic heterocycles. The molecule has 3 rings (SSSR count). The van der Waals surface area contributed by atoms with E-state index in [9.17, 15) is 4.79 Å². The van der Waals surface area contributed by atoms with Gasteiger partial charge in [-0.25, -0.2) is 0 Å². The van der Waals surface area contributed by atoms with Gasteiger partial charge in [0.2, 0.25) is 0 Å². The first-order valence-corrected chi connectivity index (χ1v) is 7.71. The highest BCUT2D eigenvalue weighted by Gasteiger charge is 2.22. The average Bonchev–Trinajstić information content (AvgIpc) is 2.76. The summed E-state index contributed by atoms with van der Waals surface area (Å²) >= 11 is 0. The molecule has 0 saturated carbocycles. The topological polar surface area (TPSA) is 54.5 Å². The fourth-order valence-electron chi connectivity index (χ4n) is 2.42. The zero-order chi connectivity index (χ0) is 15.9. The SMILES string of the molecule is C=C1NCC(C(=O)N2CCOCC2)=Cc2cccnc21.CC. The summed E-state index contributed by atoms with van der Waals surface area (Å²) in [4.78, 5) is 18.7. The van der Waals surface area contributed by atoms with Crippen LogP contribution in [0.4, 0.5) is 0 Å². The van der Waals surface area contributed by atoms with Crippen LogP contribution in [0.1, 0.15) is 25.1 Å². The van der Waals surface area contributed by atoms with Gasteiger partial charge in [0.25, 0.3) is 5.91 Å². The van der Waals surface area contributed by atoms with E-state index in [0.717, 1.165) is 22.5 Å². The number of carbonyl (C=O) groups excluding carboxylic acids is 1. The number of aromatic nitrogens is 1. The van der Waals surface area contributed by atoms with Crippen LogP contribution < -0.4 is 5.32 Å². The number of fused-ring (bicyclic) bond motifs is 1. The molecule has 2 aliphatic rings. The van der Waals surface area contributed by atoms with E-state index in [2.05, 4.69) is 16.9 Å². The summed E-state index contributed by atoms with van der Waals surface area (Å²) < 4.78 is 5.28. The van der Waals surface area contributed by atoms with Crippen molar-refractivity contribution < 1.29 is 9.53 Å². The van der Waals surface area contributed by atoms with Crippen LogP contribution in [0.3, 0.4) is 0 Å². The van der Waals surface area contributed by atoms with Crippen LogP contribution in [-0.2, 0) is 9.53 Å². The molecule has 1 amide bonds. The van der Waals surface area contributed by atoms with Crippen LogP contribution in [0.5, 0.6) is 0 Å². The number of carbonyl (C=O) groups is 1. The molecule has 1 saturated heterocycles. The van der Waals surface area contributed by atoms with Crippen molar-refractivity contribution in [2.24, 2.45) is 0 Å². The van der Waals surface area contributed by atoms with E-state index < -0.39 is 0 Å². The summed E-state index contributed by atoms with van der Waals surface area (Å²) in [6, 6.07) is 3.82. The number of amides is 1. The van der Waals surface area contributed by atoms with Crippen molar-refractivity contribution in [2.45, 2.75) is 13.8 Å². The number of rotatable bonds is 1. The highest BCUT2D eigenvalue weighted by Crippen LogP contribution is 2.21. The van der Waals surface area contributed by atoms with Gasteiger partial charge >= 0.3 is 0 Å². The third-order valence-electron chi connectivity index (χ3n) is 3.52. The highest BCUT2D eigenvalue weighted by molar-refractivity contribution is 5.99. The number of nitrogens with one attached hydrogen (secondary N) is 1. The van der Waals surface area contributed by atoms with E-state index in [-0.39, 0.29) is 5.91 Å². The summed E-state index contributed by atoms with van der Waals surface area (Å²) in [6.07, 6.45) is 3.64. The van der Waals surface area contributed by atoms with Crippen molar-refractivity contribution in [2.75, 3.05) is 32.8 Å². The maximum atomic E-state index is 12.5. The van der Waals surface area contributed by atoms with Crippen molar-refractivity contribution >= 4 is 17.7 Å². The fourth-order valence-corrected chi connectivity index (χ4v) is 2.42. The molecule has 3 heterocycles. The molecule has 0 atom stereocenters. The van der Waals surface area contributed by atoms with Gasteiger partial charge in [-0.3, -0.25) is 9.78 Å². The molecule has 0 bridgehead atoms. The molecule has 1 aromatic heterocycles. The van der Waals surface area contributed by atoms with E-state index in [1.165, 1.54) is 0 Å². The second-order valence-corrected chi connectivity index (χ2v) is 4.85. The van der Waals surface area contributed by atoms with Gasteiger partial charge in [-0.1, -0.05) is 26.5 Å². The highest BCUT2D eigenvalue weighted by atomic mass is 16.5. The van der Waals surface area contributed by atoms with E-state index in [4.69, 9.17) is 4.74 Å². The summed E-state index contributed by atoms with van der Waals surface area (Å²) in [5.74, 6) is 0.0605. The minimum atomic E-state index is 0.0605. The Bertz CT molecular complexity index is 575. The van der Waals surface area contributed by atoms with Gasteiger partial charge in [0.05, 0.1) is 24.6 Å². The Morgan fingerprint density at radius 2 is 2.09 bits per heavy atom. The Labute approximate surface area is 131 Å². The van der Waals surface area contributed by atoms with Crippen LogP contribution in [0.15, 0.2) is 30.5 Å². The first-order chi connectivity index (χ1) is 10.8. The van der Waals surface area contributed by atoms with E-state index in [1.807, 2.05) is 37.0 Å². The smallest absolute Gasteiger partial charge is 0.251 e. The van der Waals surface area contributed by atoms with Crippen molar-refractivity contribution in [1.29, 1.82) is 0 Å². The Hall–Kier alpha value is -2.14. The Balaban J connectivity index is 0.000000847. The quantitative estimate of drug-likeness (QED) is 0.861. The Morgan fingerprint density at radius 1 is 1.36 bits per heavy atom. The van der Waals surface area contributed by atoms with Crippen LogP contribution in [0.25, 0.3) is 11.8 Å². The molecule has 0 aliphatic carbocycles. The molecular formula is C17H23N3O2. The zero-order valence-electron chi connectivity index (χ0n) is 13.3. The summed E-state index contributed by atoms with van der Waals surface area (Å²) in [6.45, 7) is 11.0. The number of hydrogen-bond acceptors (Lipinski definition) is 4. The van der Waals surface area contributed by atoms with Crippen molar-refractivity contribution in [3.63, 3.8) is 0 Å². The van der Waals surface area contributed by atoms with Gasteiger partial charge in [-0.2, -0.15) is 0 Å². The van der Waals surface area contributed by atoms with Gasteiger partial charge in [0, 0.05) is 37.0 Å². The molecule has 5 nitrogen and oxygen atoms in total. The third kappa shape index (κ3) is 3.54. The van der Waals surface area contributed by atoms with Gasteiger partial charge in [0.15, 0.2) is 0 Å². The van der Waals surface area contributed by atoms with Gasteiger partial charge in [-0.05, 0) is 12.1 Å². The van der Waals surface area contributed by atoms with Crippen LogP contribution in [0, 0.1) is 0 Å². The molecule has 0 unspecified atom stereocenters. The predicted molar refractivity (Wildman–Crippen MR) is 88.0 cm³/mol. The lowest BCUT2D eigenvalue weighted by atomic mass is 10.1. The van der Waals surface area contributed by atoms with Crippen molar-refractivity contribution in [3.05, 3.63) is 41.7 Å².